The van der Waals surface area contributed by atoms with Gasteiger partial charge in [0.05, 0.1) is 11.0 Å². The van der Waals surface area contributed by atoms with Crippen LogP contribution >= 0.6 is 0 Å². The molecule has 0 radical (unpaired) electrons. The smallest absolute Gasteiger partial charge is 0.164 e. The normalized spacial score (nSPS) is 12.1. The molecular weight excluding hydrogens is 725 g/mol. The van der Waals surface area contributed by atoms with Crippen molar-refractivity contribution in [2.75, 3.05) is 0 Å². The van der Waals surface area contributed by atoms with E-state index in [1.807, 2.05) is 60.7 Å². The van der Waals surface area contributed by atoms with Gasteiger partial charge in [-0.15, -0.1) is 0 Å². The van der Waals surface area contributed by atoms with Crippen LogP contribution in [0.3, 0.4) is 0 Å². The zero-order valence-electron chi connectivity index (χ0n) is 31.4. The van der Waals surface area contributed by atoms with E-state index in [-0.39, 0.29) is 0 Å². The molecular formula is C53H30N4O2. The molecule has 59 heavy (non-hydrogen) atoms. The molecule has 13 rings (SSSR count). The molecule has 0 amide bonds. The van der Waals surface area contributed by atoms with Gasteiger partial charge in [0.1, 0.15) is 22.3 Å². The molecule has 0 spiro atoms. The number of para-hydroxylation sites is 2. The third kappa shape index (κ3) is 4.84. The summed E-state index contributed by atoms with van der Waals surface area (Å²) in [5.41, 5.74) is 9.38. The van der Waals surface area contributed by atoms with Gasteiger partial charge in [-0.25, -0.2) is 15.0 Å². The number of nitrogens with zero attached hydrogens (tertiary/aromatic N) is 4. The van der Waals surface area contributed by atoms with E-state index in [9.17, 15) is 0 Å². The molecule has 0 N–H and O–H groups in total. The number of furan rings is 2. The van der Waals surface area contributed by atoms with Crippen LogP contribution in [0.4, 0.5) is 0 Å². The molecule has 13 aromatic rings. The lowest BCUT2D eigenvalue weighted by Crippen LogP contribution is -2.00. The standard InChI is InChI=1S/C53H30N4O2/c1-2-11-32(12-3-1)51-54-52(56-53(55-51)39-17-10-20-47-49(39)38-16-7-9-19-45(38)58-47)35-22-21-31-23-25-48-50(40(31)28-35)42-30-36(24-26-46(42)59-48)57-43-18-8-6-15-37(43)41-27-33-13-4-5-14-34(33)29-44(41)57/h1-30H. The second-order valence-electron chi connectivity index (χ2n) is 15.2. The van der Waals surface area contributed by atoms with E-state index in [0.717, 1.165) is 82.5 Å². The summed E-state index contributed by atoms with van der Waals surface area (Å²) >= 11 is 0. The summed E-state index contributed by atoms with van der Waals surface area (Å²) in [5, 5.41) is 11.2. The Labute approximate surface area is 336 Å². The van der Waals surface area contributed by atoms with Gasteiger partial charge >= 0.3 is 0 Å². The molecule has 9 aromatic carbocycles. The highest BCUT2D eigenvalue weighted by atomic mass is 16.3. The molecule has 0 aliphatic heterocycles. The SMILES string of the molecule is c1ccc(-c2nc(-c3ccc4ccc5oc6ccc(-n7c8ccccc8c8cc9ccccc9cc87)cc6c5c4c3)nc(-c3cccc4oc5ccccc5c34)n2)cc1. The molecule has 0 atom stereocenters. The van der Waals surface area contributed by atoms with E-state index in [1.54, 1.807) is 0 Å². The van der Waals surface area contributed by atoms with Gasteiger partial charge in [0.25, 0.3) is 0 Å². The lowest BCUT2D eigenvalue weighted by molar-refractivity contribution is 0.668. The molecule has 274 valence electrons. The molecule has 0 saturated carbocycles. The zero-order chi connectivity index (χ0) is 38.6. The van der Waals surface area contributed by atoms with Crippen molar-refractivity contribution in [1.82, 2.24) is 19.5 Å². The first-order valence-corrected chi connectivity index (χ1v) is 19.8. The lowest BCUT2D eigenvalue weighted by atomic mass is 10.0. The first kappa shape index (κ1) is 32.0. The van der Waals surface area contributed by atoms with Crippen molar-refractivity contribution in [3.05, 3.63) is 182 Å². The Morgan fingerprint density at radius 2 is 1.00 bits per heavy atom. The van der Waals surface area contributed by atoms with Crippen LogP contribution in [0.5, 0.6) is 0 Å². The number of benzene rings is 9. The third-order valence-corrected chi connectivity index (χ3v) is 11.8. The third-order valence-electron chi connectivity index (χ3n) is 11.8. The molecule has 0 aliphatic carbocycles. The molecule has 0 saturated heterocycles. The van der Waals surface area contributed by atoms with Crippen LogP contribution in [0.15, 0.2) is 191 Å². The van der Waals surface area contributed by atoms with Crippen molar-refractivity contribution in [2.45, 2.75) is 0 Å². The summed E-state index contributed by atoms with van der Waals surface area (Å²) < 4.78 is 15.2. The summed E-state index contributed by atoms with van der Waals surface area (Å²) in [5.74, 6) is 1.77. The topological polar surface area (TPSA) is 69.9 Å². The van der Waals surface area contributed by atoms with Gasteiger partial charge < -0.3 is 13.4 Å². The summed E-state index contributed by atoms with van der Waals surface area (Å²) in [6.45, 7) is 0. The number of hydrogen-bond acceptors (Lipinski definition) is 5. The summed E-state index contributed by atoms with van der Waals surface area (Å²) in [4.78, 5) is 15.4. The van der Waals surface area contributed by atoms with Crippen molar-refractivity contribution >= 4 is 87.2 Å². The van der Waals surface area contributed by atoms with Crippen molar-refractivity contribution in [2.24, 2.45) is 0 Å². The highest BCUT2D eigenvalue weighted by Gasteiger charge is 2.20. The first-order valence-electron chi connectivity index (χ1n) is 19.8. The van der Waals surface area contributed by atoms with Gasteiger partial charge in [-0.1, -0.05) is 121 Å². The quantitative estimate of drug-likeness (QED) is 0.179. The Morgan fingerprint density at radius 3 is 1.88 bits per heavy atom. The van der Waals surface area contributed by atoms with E-state index in [4.69, 9.17) is 23.8 Å². The van der Waals surface area contributed by atoms with E-state index < -0.39 is 0 Å². The van der Waals surface area contributed by atoms with Gasteiger partial charge in [0.2, 0.25) is 0 Å². The number of hydrogen-bond donors (Lipinski definition) is 0. The second-order valence-corrected chi connectivity index (χ2v) is 15.2. The van der Waals surface area contributed by atoms with Crippen molar-refractivity contribution in [1.29, 1.82) is 0 Å². The van der Waals surface area contributed by atoms with Crippen LogP contribution < -0.4 is 0 Å². The Kier molecular flexibility index (Phi) is 6.63. The van der Waals surface area contributed by atoms with Crippen molar-refractivity contribution in [3.8, 4) is 39.9 Å². The summed E-state index contributed by atoms with van der Waals surface area (Å²) in [6.07, 6.45) is 0. The lowest BCUT2D eigenvalue weighted by Gasteiger charge is -2.10. The monoisotopic (exact) mass is 754 g/mol. The Bertz CT molecular complexity index is 3860. The second kappa shape index (κ2) is 12.2. The average Bonchev–Trinajstić information content (AvgIpc) is 3.97. The van der Waals surface area contributed by atoms with Gasteiger partial charge in [-0.3, -0.25) is 0 Å². The zero-order valence-corrected chi connectivity index (χ0v) is 31.4. The Balaban J connectivity index is 1.03. The van der Waals surface area contributed by atoms with Gasteiger partial charge in [-0.2, -0.15) is 0 Å². The van der Waals surface area contributed by atoms with Gasteiger partial charge in [-0.05, 0) is 82.2 Å². The fraction of sp³-hybridized carbons (Fsp3) is 0. The summed E-state index contributed by atoms with van der Waals surface area (Å²) in [6, 6.07) is 63.4. The predicted octanol–water partition coefficient (Wildman–Crippen LogP) is 14.1. The van der Waals surface area contributed by atoms with E-state index in [0.29, 0.717) is 17.5 Å². The minimum atomic E-state index is 0.585. The fourth-order valence-electron chi connectivity index (χ4n) is 9.10. The number of aromatic nitrogens is 4. The Morgan fingerprint density at radius 1 is 0.339 bits per heavy atom. The highest BCUT2D eigenvalue weighted by molar-refractivity contribution is 6.20. The Hall–Kier alpha value is -8.09. The molecule has 0 fully saturated rings. The molecule has 0 aliphatic rings. The van der Waals surface area contributed by atoms with Crippen LogP contribution in [0.25, 0.3) is 127 Å². The maximum absolute atomic E-state index is 6.57. The van der Waals surface area contributed by atoms with E-state index in [2.05, 4.69) is 126 Å². The van der Waals surface area contributed by atoms with E-state index in [1.165, 1.54) is 27.1 Å². The number of fused-ring (bicyclic) bond motifs is 12. The molecule has 6 heteroatoms. The minimum absolute atomic E-state index is 0.585. The van der Waals surface area contributed by atoms with Gasteiger partial charge in [0.15, 0.2) is 17.5 Å². The van der Waals surface area contributed by atoms with Crippen LogP contribution in [0.2, 0.25) is 0 Å². The molecule has 4 heterocycles. The van der Waals surface area contributed by atoms with Gasteiger partial charge in [0, 0.05) is 54.7 Å². The van der Waals surface area contributed by atoms with Crippen LogP contribution in [0, 0.1) is 0 Å². The highest BCUT2D eigenvalue weighted by Crippen LogP contribution is 2.41. The van der Waals surface area contributed by atoms with Crippen molar-refractivity contribution < 1.29 is 8.83 Å². The average molecular weight is 755 g/mol. The van der Waals surface area contributed by atoms with Crippen LogP contribution in [0.1, 0.15) is 0 Å². The first-order chi connectivity index (χ1) is 29.2. The molecule has 0 bridgehead atoms. The fourth-order valence-corrected chi connectivity index (χ4v) is 9.10. The minimum Gasteiger partial charge on any atom is -0.456 e. The maximum atomic E-state index is 6.57. The van der Waals surface area contributed by atoms with E-state index >= 15 is 0 Å². The predicted molar refractivity (Wildman–Crippen MR) is 240 cm³/mol. The number of rotatable bonds is 4. The van der Waals surface area contributed by atoms with Crippen LogP contribution in [-0.4, -0.2) is 19.5 Å². The summed E-state index contributed by atoms with van der Waals surface area (Å²) in [7, 11) is 0. The van der Waals surface area contributed by atoms with Crippen LogP contribution in [-0.2, 0) is 0 Å². The molecule has 4 aromatic heterocycles. The largest absolute Gasteiger partial charge is 0.456 e. The maximum Gasteiger partial charge on any atom is 0.164 e. The molecule has 6 nitrogen and oxygen atoms in total. The molecule has 0 unspecified atom stereocenters. The van der Waals surface area contributed by atoms with Crippen molar-refractivity contribution in [3.63, 3.8) is 0 Å².